The summed E-state index contributed by atoms with van der Waals surface area (Å²) in [6, 6.07) is 10.3. The lowest BCUT2D eigenvalue weighted by molar-refractivity contribution is 0.511. The molecular formula is C14H19N3. The molecule has 0 amide bonds. The summed E-state index contributed by atoms with van der Waals surface area (Å²) in [6.45, 7) is 5.06. The Bertz CT molecular complexity index is 488. The number of pyridine rings is 1. The molecule has 0 bridgehead atoms. The fourth-order valence-corrected chi connectivity index (χ4v) is 1.71. The number of benzene rings is 1. The number of para-hydroxylation sites is 1. The highest BCUT2D eigenvalue weighted by Crippen LogP contribution is 2.20. The van der Waals surface area contributed by atoms with E-state index in [4.69, 9.17) is 5.73 Å². The van der Waals surface area contributed by atoms with Gasteiger partial charge in [0.05, 0.1) is 5.52 Å². The van der Waals surface area contributed by atoms with Crippen LogP contribution in [-0.2, 0) is 0 Å². The smallest absolute Gasteiger partial charge is 0.0722 e. The molecule has 0 aliphatic rings. The van der Waals surface area contributed by atoms with Crippen LogP contribution in [-0.4, -0.2) is 17.6 Å². The van der Waals surface area contributed by atoms with Gasteiger partial charge in [0.1, 0.15) is 0 Å². The number of nitrogens with one attached hydrogen (secondary N) is 1. The number of aromatic nitrogens is 1. The molecular weight excluding hydrogens is 210 g/mol. The van der Waals surface area contributed by atoms with E-state index in [-0.39, 0.29) is 6.04 Å². The molecule has 0 radical (unpaired) electrons. The Morgan fingerprint density at radius 2 is 2.00 bits per heavy atom. The molecule has 17 heavy (non-hydrogen) atoms. The predicted molar refractivity (Wildman–Crippen MR) is 73.0 cm³/mol. The summed E-state index contributed by atoms with van der Waals surface area (Å²) in [6.07, 6.45) is 1.82. The third kappa shape index (κ3) is 2.74. The Morgan fingerprint density at radius 3 is 2.76 bits per heavy atom. The Balaban J connectivity index is 2.19. The van der Waals surface area contributed by atoms with E-state index < -0.39 is 0 Å². The number of anilines is 1. The van der Waals surface area contributed by atoms with Crippen LogP contribution in [0.4, 0.5) is 5.69 Å². The maximum atomic E-state index is 6.03. The molecule has 0 saturated heterocycles. The van der Waals surface area contributed by atoms with Gasteiger partial charge in [-0.1, -0.05) is 32.0 Å². The van der Waals surface area contributed by atoms with Gasteiger partial charge in [-0.25, -0.2) is 0 Å². The van der Waals surface area contributed by atoms with Crippen molar-refractivity contribution in [3.05, 3.63) is 36.5 Å². The van der Waals surface area contributed by atoms with E-state index >= 15 is 0 Å². The summed E-state index contributed by atoms with van der Waals surface area (Å²) in [5, 5.41) is 4.55. The van der Waals surface area contributed by atoms with Crippen LogP contribution in [0.25, 0.3) is 10.9 Å². The monoisotopic (exact) mass is 229 g/mol. The first-order valence-corrected chi connectivity index (χ1v) is 6.01. The predicted octanol–water partition coefficient (Wildman–Crippen LogP) is 2.63. The van der Waals surface area contributed by atoms with Crippen molar-refractivity contribution in [2.75, 3.05) is 11.9 Å². The lowest BCUT2D eigenvalue weighted by Gasteiger charge is -2.17. The minimum atomic E-state index is 0.168. The van der Waals surface area contributed by atoms with Crippen molar-refractivity contribution >= 4 is 16.6 Å². The molecule has 3 nitrogen and oxygen atoms in total. The third-order valence-corrected chi connectivity index (χ3v) is 3.03. The fraction of sp³-hybridized carbons (Fsp3) is 0.357. The van der Waals surface area contributed by atoms with Crippen LogP contribution in [0.15, 0.2) is 36.5 Å². The highest BCUT2D eigenvalue weighted by atomic mass is 14.9. The number of nitrogens with zero attached hydrogens (tertiary/aromatic N) is 1. The Labute approximate surface area is 102 Å². The SMILES string of the molecule is CC(C)C(N)CNc1ccnc2ccccc12. The number of hydrogen-bond acceptors (Lipinski definition) is 3. The van der Waals surface area contributed by atoms with Crippen LogP contribution in [0.2, 0.25) is 0 Å². The number of nitrogens with two attached hydrogens (primary N) is 1. The number of hydrogen-bond donors (Lipinski definition) is 2. The molecule has 0 saturated carbocycles. The van der Waals surface area contributed by atoms with Gasteiger partial charge in [0, 0.05) is 29.9 Å². The number of rotatable bonds is 4. The van der Waals surface area contributed by atoms with Crippen molar-refractivity contribution in [3.63, 3.8) is 0 Å². The molecule has 1 aromatic heterocycles. The molecule has 2 aromatic rings. The second kappa shape index (κ2) is 5.15. The molecule has 0 spiro atoms. The van der Waals surface area contributed by atoms with E-state index in [0.29, 0.717) is 5.92 Å². The molecule has 0 aliphatic carbocycles. The zero-order valence-corrected chi connectivity index (χ0v) is 10.4. The quantitative estimate of drug-likeness (QED) is 0.847. The second-order valence-corrected chi connectivity index (χ2v) is 4.66. The van der Waals surface area contributed by atoms with Crippen LogP contribution in [0.1, 0.15) is 13.8 Å². The molecule has 1 heterocycles. The average Bonchev–Trinajstić information content (AvgIpc) is 2.35. The van der Waals surface area contributed by atoms with Gasteiger partial charge in [-0.05, 0) is 18.1 Å². The molecule has 0 aliphatic heterocycles. The van der Waals surface area contributed by atoms with Gasteiger partial charge >= 0.3 is 0 Å². The largest absolute Gasteiger partial charge is 0.383 e. The standard InChI is InChI=1S/C14H19N3/c1-10(2)12(15)9-17-14-7-8-16-13-6-4-3-5-11(13)14/h3-8,10,12H,9,15H2,1-2H3,(H,16,17). The Morgan fingerprint density at radius 1 is 1.24 bits per heavy atom. The van der Waals surface area contributed by atoms with Crippen molar-refractivity contribution in [1.29, 1.82) is 0 Å². The summed E-state index contributed by atoms with van der Waals surface area (Å²) in [4.78, 5) is 4.33. The van der Waals surface area contributed by atoms with E-state index in [1.807, 2.05) is 30.5 Å². The lowest BCUT2D eigenvalue weighted by Crippen LogP contribution is -2.34. The van der Waals surface area contributed by atoms with Crippen LogP contribution in [0.5, 0.6) is 0 Å². The zero-order chi connectivity index (χ0) is 12.3. The van der Waals surface area contributed by atoms with Crippen molar-refractivity contribution in [2.24, 2.45) is 11.7 Å². The van der Waals surface area contributed by atoms with Crippen molar-refractivity contribution < 1.29 is 0 Å². The van der Waals surface area contributed by atoms with Crippen LogP contribution < -0.4 is 11.1 Å². The van der Waals surface area contributed by atoms with Gasteiger partial charge in [0.2, 0.25) is 0 Å². The van der Waals surface area contributed by atoms with E-state index in [2.05, 4.69) is 30.2 Å². The van der Waals surface area contributed by atoms with E-state index in [1.54, 1.807) is 0 Å². The topological polar surface area (TPSA) is 50.9 Å². The van der Waals surface area contributed by atoms with Gasteiger partial charge in [-0.15, -0.1) is 0 Å². The van der Waals surface area contributed by atoms with Gasteiger partial charge in [0.25, 0.3) is 0 Å². The first-order chi connectivity index (χ1) is 8.18. The number of fused-ring (bicyclic) bond motifs is 1. The minimum absolute atomic E-state index is 0.168. The second-order valence-electron chi connectivity index (χ2n) is 4.66. The average molecular weight is 229 g/mol. The summed E-state index contributed by atoms with van der Waals surface area (Å²) < 4.78 is 0. The first kappa shape index (κ1) is 11.9. The maximum Gasteiger partial charge on any atom is 0.0722 e. The minimum Gasteiger partial charge on any atom is -0.383 e. The zero-order valence-electron chi connectivity index (χ0n) is 10.4. The van der Waals surface area contributed by atoms with E-state index in [0.717, 1.165) is 23.1 Å². The highest BCUT2D eigenvalue weighted by Gasteiger charge is 2.08. The normalized spacial score (nSPS) is 12.9. The van der Waals surface area contributed by atoms with E-state index in [9.17, 15) is 0 Å². The summed E-state index contributed by atoms with van der Waals surface area (Å²) in [7, 11) is 0. The van der Waals surface area contributed by atoms with Crippen LogP contribution >= 0.6 is 0 Å². The first-order valence-electron chi connectivity index (χ1n) is 6.01. The molecule has 3 N–H and O–H groups in total. The Kier molecular flexibility index (Phi) is 3.59. The fourth-order valence-electron chi connectivity index (χ4n) is 1.71. The van der Waals surface area contributed by atoms with Gasteiger partial charge in [-0.2, -0.15) is 0 Å². The van der Waals surface area contributed by atoms with Crippen LogP contribution in [0.3, 0.4) is 0 Å². The third-order valence-electron chi connectivity index (χ3n) is 3.03. The highest BCUT2D eigenvalue weighted by molar-refractivity contribution is 5.90. The molecule has 3 heteroatoms. The van der Waals surface area contributed by atoms with Gasteiger partial charge < -0.3 is 11.1 Å². The molecule has 0 fully saturated rings. The van der Waals surface area contributed by atoms with Crippen molar-refractivity contribution in [2.45, 2.75) is 19.9 Å². The molecule has 1 unspecified atom stereocenters. The summed E-state index contributed by atoms with van der Waals surface area (Å²) in [5.74, 6) is 0.482. The Hall–Kier alpha value is -1.61. The van der Waals surface area contributed by atoms with Gasteiger partial charge in [-0.3, -0.25) is 4.98 Å². The van der Waals surface area contributed by atoms with Gasteiger partial charge in [0.15, 0.2) is 0 Å². The summed E-state index contributed by atoms with van der Waals surface area (Å²) >= 11 is 0. The molecule has 1 atom stereocenters. The maximum absolute atomic E-state index is 6.03. The lowest BCUT2D eigenvalue weighted by atomic mass is 10.1. The van der Waals surface area contributed by atoms with E-state index in [1.165, 1.54) is 0 Å². The van der Waals surface area contributed by atoms with Crippen molar-refractivity contribution in [1.82, 2.24) is 4.98 Å². The van der Waals surface area contributed by atoms with Crippen molar-refractivity contribution in [3.8, 4) is 0 Å². The molecule has 2 rings (SSSR count). The van der Waals surface area contributed by atoms with Crippen LogP contribution in [0, 0.1) is 5.92 Å². The molecule has 1 aromatic carbocycles. The summed E-state index contributed by atoms with van der Waals surface area (Å²) in [5.41, 5.74) is 8.14. The molecule has 90 valence electrons.